The van der Waals surface area contributed by atoms with Crippen LogP contribution in [0, 0.1) is 0 Å². The third-order valence-corrected chi connectivity index (χ3v) is 4.61. The van der Waals surface area contributed by atoms with Crippen molar-refractivity contribution in [3.8, 4) is 5.75 Å². The van der Waals surface area contributed by atoms with Crippen LogP contribution in [0.2, 0.25) is 0 Å². The molecular formula is C22H21BrN2O4. The second-order valence-corrected chi connectivity index (χ2v) is 7.33. The zero-order chi connectivity index (χ0) is 20.6. The molecule has 0 radical (unpaired) electrons. The first kappa shape index (κ1) is 20.7. The van der Waals surface area contributed by atoms with E-state index < -0.39 is 11.9 Å². The molecule has 2 amide bonds. The molecule has 2 N–H and O–H groups in total. The zero-order valence-corrected chi connectivity index (χ0v) is 17.4. The van der Waals surface area contributed by atoms with Crippen LogP contribution in [0.1, 0.15) is 28.8 Å². The normalized spacial score (nSPS) is 11.5. The molecule has 6 nitrogen and oxygen atoms in total. The van der Waals surface area contributed by atoms with Crippen LogP contribution in [-0.2, 0) is 17.9 Å². The number of carbonyl (C=O) groups is 2. The number of furan rings is 1. The topological polar surface area (TPSA) is 80.6 Å². The predicted molar refractivity (Wildman–Crippen MR) is 112 cm³/mol. The number of ether oxygens (including phenoxy) is 1. The van der Waals surface area contributed by atoms with Crippen molar-refractivity contribution in [1.29, 1.82) is 0 Å². The molecule has 7 heteroatoms. The highest BCUT2D eigenvalue weighted by Crippen LogP contribution is 2.19. The van der Waals surface area contributed by atoms with E-state index in [0.29, 0.717) is 18.1 Å². The molecule has 0 bridgehead atoms. The van der Waals surface area contributed by atoms with Gasteiger partial charge < -0.3 is 19.8 Å². The Kier molecular flexibility index (Phi) is 7.08. The lowest BCUT2D eigenvalue weighted by atomic mass is 10.2. The van der Waals surface area contributed by atoms with Crippen LogP contribution >= 0.6 is 15.9 Å². The van der Waals surface area contributed by atoms with Gasteiger partial charge in [0, 0.05) is 11.0 Å². The van der Waals surface area contributed by atoms with Crippen molar-refractivity contribution in [2.45, 2.75) is 26.1 Å². The molecule has 1 unspecified atom stereocenters. The zero-order valence-electron chi connectivity index (χ0n) is 15.9. The van der Waals surface area contributed by atoms with Crippen molar-refractivity contribution < 1.29 is 18.7 Å². The van der Waals surface area contributed by atoms with Crippen molar-refractivity contribution in [2.75, 3.05) is 0 Å². The molecule has 2 aromatic carbocycles. The number of carbonyl (C=O) groups excluding carboxylic acids is 2. The van der Waals surface area contributed by atoms with E-state index in [1.165, 1.54) is 0 Å². The van der Waals surface area contributed by atoms with Gasteiger partial charge in [-0.3, -0.25) is 9.59 Å². The molecule has 0 fully saturated rings. The van der Waals surface area contributed by atoms with Crippen molar-refractivity contribution in [1.82, 2.24) is 10.6 Å². The molecule has 1 atom stereocenters. The van der Waals surface area contributed by atoms with Gasteiger partial charge in [0.15, 0.2) is 5.76 Å². The molecular weight excluding hydrogens is 436 g/mol. The highest BCUT2D eigenvalue weighted by molar-refractivity contribution is 9.10. The minimum Gasteiger partial charge on any atom is -0.486 e. The van der Waals surface area contributed by atoms with Crippen molar-refractivity contribution in [3.05, 3.63) is 88.3 Å². The lowest BCUT2D eigenvalue weighted by molar-refractivity contribution is -0.122. The first-order chi connectivity index (χ1) is 14.0. The fourth-order valence-electron chi connectivity index (χ4n) is 2.56. The molecule has 0 aliphatic rings. The van der Waals surface area contributed by atoms with Gasteiger partial charge in [-0.2, -0.15) is 0 Å². The second kappa shape index (κ2) is 9.93. The van der Waals surface area contributed by atoms with Gasteiger partial charge in [-0.15, -0.1) is 0 Å². The fourth-order valence-corrected chi connectivity index (χ4v) is 2.94. The molecule has 0 aliphatic heterocycles. The average molecular weight is 457 g/mol. The van der Waals surface area contributed by atoms with E-state index in [0.717, 1.165) is 10.0 Å². The maximum absolute atomic E-state index is 12.3. The lowest BCUT2D eigenvalue weighted by Crippen LogP contribution is -2.44. The molecule has 1 heterocycles. The van der Waals surface area contributed by atoms with Crippen molar-refractivity contribution >= 4 is 27.7 Å². The highest BCUT2D eigenvalue weighted by atomic mass is 79.9. The molecule has 0 saturated heterocycles. The summed E-state index contributed by atoms with van der Waals surface area (Å²) in [5, 5.41) is 5.43. The molecule has 3 rings (SSSR count). The minimum absolute atomic E-state index is 0.126. The Labute approximate surface area is 177 Å². The quantitative estimate of drug-likeness (QED) is 0.535. The van der Waals surface area contributed by atoms with Gasteiger partial charge in [-0.05, 0) is 42.8 Å². The summed E-state index contributed by atoms with van der Waals surface area (Å²) < 4.78 is 12.1. The maximum Gasteiger partial charge on any atom is 0.287 e. The average Bonchev–Trinajstić information content (AvgIpc) is 3.20. The van der Waals surface area contributed by atoms with Gasteiger partial charge in [-0.1, -0.05) is 52.3 Å². The Morgan fingerprint density at radius 2 is 1.86 bits per heavy atom. The van der Waals surface area contributed by atoms with E-state index in [1.807, 2.05) is 54.6 Å². The molecule has 3 aromatic rings. The van der Waals surface area contributed by atoms with Crippen LogP contribution in [0.4, 0.5) is 0 Å². The third kappa shape index (κ3) is 6.22. The number of hydrogen-bond donors (Lipinski definition) is 2. The molecule has 29 heavy (non-hydrogen) atoms. The number of amides is 2. The number of benzene rings is 2. The van der Waals surface area contributed by atoms with E-state index >= 15 is 0 Å². The Morgan fingerprint density at radius 1 is 1.07 bits per heavy atom. The predicted octanol–water partition coefficient (Wildman–Crippen LogP) is 4.06. The van der Waals surface area contributed by atoms with Crippen molar-refractivity contribution in [3.63, 3.8) is 0 Å². The Balaban J connectivity index is 1.48. The first-order valence-corrected chi connectivity index (χ1v) is 9.90. The van der Waals surface area contributed by atoms with E-state index in [4.69, 9.17) is 9.15 Å². The highest BCUT2D eigenvalue weighted by Gasteiger charge is 2.19. The molecule has 0 saturated carbocycles. The number of nitrogens with one attached hydrogen (secondary N) is 2. The van der Waals surface area contributed by atoms with E-state index in [2.05, 4.69) is 26.6 Å². The summed E-state index contributed by atoms with van der Waals surface area (Å²) in [4.78, 5) is 24.5. The monoisotopic (exact) mass is 456 g/mol. The Bertz CT molecular complexity index is 972. The molecule has 0 spiro atoms. The van der Waals surface area contributed by atoms with Gasteiger partial charge in [0.2, 0.25) is 5.91 Å². The molecule has 0 aliphatic carbocycles. The summed E-state index contributed by atoms with van der Waals surface area (Å²) in [6.45, 7) is 2.22. The second-order valence-electron chi connectivity index (χ2n) is 6.41. The summed E-state index contributed by atoms with van der Waals surface area (Å²) in [6.07, 6.45) is 0. The molecule has 150 valence electrons. The molecule has 1 aromatic heterocycles. The summed E-state index contributed by atoms with van der Waals surface area (Å²) >= 11 is 3.38. The van der Waals surface area contributed by atoms with Crippen LogP contribution in [0.15, 0.2) is 75.6 Å². The number of halogens is 1. The van der Waals surface area contributed by atoms with Crippen LogP contribution < -0.4 is 15.4 Å². The van der Waals surface area contributed by atoms with Crippen LogP contribution in [-0.4, -0.2) is 17.9 Å². The van der Waals surface area contributed by atoms with Gasteiger partial charge in [0.25, 0.3) is 5.91 Å². The third-order valence-electron chi connectivity index (χ3n) is 4.11. The van der Waals surface area contributed by atoms with Crippen LogP contribution in [0.5, 0.6) is 5.75 Å². The van der Waals surface area contributed by atoms with E-state index in [1.54, 1.807) is 19.1 Å². The largest absolute Gasteiger partial charge is 0.486 e. The Hall–Kier alpha value is -3.06. The fraction of sp³-hybridized carbons (Fsp3) is 0.182. The SMILES string of the molecule is CC(NC(=O)c1ccc(COc2cccc(Br)c2)o1)C(=O)NCc1ccccc1. The van der Waals surface area contributed by atoms with Crippen molar-refractivity contribution in [2.24, 2.45) is 0 Å². The first-order valence-electron chi connectivity index (χ1n) is 9.11. The van der Waals surface area contributed by atoms with Gasteiger partial charge in [0.05, 0.1) is 0 Å². The van der Waals surface area contributed by atoms with Gasteiger partial charge in [-0.25, -0.2) is 0 Å². The summed E-state index contributed by atoms with van der Waals surface area (Å²) in [7, 11) is 0. The minimum atomic E-state index is -0.697. The summed E-state index contributed by atoms with van der Waals surface area (Å²) in [6, 6.07) is 19.5. The standard InChI is InChI=1S/C22H21BrN2O4/c1-15(21(26)24-13-16-6-3-2-4-7-16)25-22(27)20-11-10-19(29-20)14-28-18-9-5-8-17(23)12-18/h2-12,15H,13-14H2,1H3,(H,24,26)(H,25,27). The van der Waals surface area contributed by atoms with Crippen LogP contribution in [0.3, 0.4) is 0 Å². The van der Waals surface area contributed by atoms with Gasteiger partial charge >= 0.3 is 0 Å². The Morgan fingerprint density at radius 3 is 2.62 bits per heavy atom. The van der Waals surface area contributed by atoms with Crippen LogP contribution in [0.25, 0.3) is 0 Å². The summed E-state index contributed by atoms with van der Waals surface area (Å²) in [5.41, 5.74) is 0.987. The number of hydrogen-bond acceptors (Lipinski definition) is 4. The smallest absolute Gasteiger partial charge is 0.287 e. The van der Waals surface area contributed by atoms with E-state index in [9.17, 15) is 9.59 Å². The number of rotatable bonds is 8. The summed E-state index contributed by atoms with van der Waals surface area (Å²) in [5.74, 6) is 0.593. The lowest BCUT2D eigenvalue weighted by Gasteiger charge is -2.13. The van der Waals surface area contributed by atoms with E-state index in [-0.39, 0.29) is 18.3 Å². The maximum atomic E-state index is 12.3. The van der Waals surface area contributed by atoms with Gasteiger partial charge in [0.1, 0.15) is 24.2 Å².